The van der Waals surface area contributed by atoms with E-state index >= 15 is 0 Å². The van der Waals surface area contributed by atoms with Gasteiger partial charge in [0.2, 0.25) is 0 Å². The SMILES string of the molecule is CCCCNc1cc(Nc2ccccc2Oc2ccccc2)nc(C)n1. The van der Waals surface area contributed by atoms with Crippen molar-refractivity contribution >= 4 is 17.3 Å². The Hall–Kier alpha value is -3.08. The second-order valence-electron chi connectivity index (χ2n) is 6.00. The molecule has 0 bridgehead atoms. The smallest absolute Gasteiger partial charge is 0.150 e. The van der Waals surface area contributed by atoms with Gasteiger partial charge in [0, 0.05) is 12.6 Å². The molecule has 134 valence electrons. The van der Waals surface area contributed by atoms with Crippen LogP contribution in [0.4, 0.5) is 17.3 Å². The predicted molar refractivity (Wildman–Crippen MR) is 106 cm³/mol. The molecule has 2 aromatic carbocycles. The van der Waals surface area contributed by atoms with Gasteiger partial charge in [0.15, 0.2) is 5.75 Å². The topological polar surface area (TPSA) is 59.1 Å². The average Bonchev–Trinajstić information content (AvgIpc) is 2.64. The van der Waals surface area contributed by atoms with Gasteiger partial charge < -0.3 is 15.4 Å². The molecule has 0 radical (unpaired) electrons. The molecular formula is C21H24N4O. The molecule has 2 N–H and O–H groups in total. The summed E-state index contributed by atoms with van der Waals surface area (Å²) in [5, 5.41) is 6.69. The molecule has 5 heteroatoms. The van der Waals surface area contributed by atoms with E-state index < -0.39 is 0 Å². The molecule has 0 unspecified atom stereocenters. The van der Waals surface area contributed by atoms with E-state index in [1.54, 1.807) is 0 Å². The fraction of sp³-hybridized carbons (Fsp3) is 0.238. The molecule has 0 fully saturated rings. The van der Waals surface area contributed by atoms with Gasteiger partial charge in [-0.25, -0.2) is 9.97 Å². The van der Waals surface area contributed by atoms with Crippen molar-refractivity contribution in [1.82, 2.24) is 9.97 Å². The lowest BCUT2D eigenvalue weighted by atomic mass is 10.2. The van der Waals surface area contributed by atoms with E-state index in [0.717, 1.165) is 54.0 Å². The van der Waals surface area contributed by atoms with Gasteiger partial charge in [0.25, 0.3) is 0 Å². The first-order valence-electron chi connectivity index (χ1n) is 8.93. The Morgan fingerprint density at radius 2 is 1.65 bits per heavy atom. The third-order valence-electron chi connectivity index (χ3n) is 3.80. The van der Waals surface area contributed by atoms with Crippen molar-refractivity contribution in [2.75, 3.05) is 17.2 Å². The van der Waals surface area contributed by atoms with Gasteiger partial charge in [-0.15, -0.1) is 0 Å². The quantitative estimate of drug-likeness (QED) is 0.524. The Labute approximate surface area is 154 Å². The van der Waals surface area contributed by atoms with Crippen molar-refractivity contribution in [1.29, 1.82) is 0 Å². The first kappa shape index (κ1) is 17.7. The van der Waals surface area contributed by atoms with Crippen LogP contribution in [-0.2, 0) is 0 Å². The molecule has 26 heavy (non-hydrogen) atoms. The third-order valence-corrected chi connectivity index (χ3v) is 3.80. The van der Waals surface area contributed by atoms with Crippen LogP contribution in [0.15, 0.2) is 60.7 Å². The lowest BCUT2D eigenvalue weighted by Crippen LogP contribution is -2.06. The van der Waals surface area contributed by atoms with Crippen molar-refractivity contribution in [2.45, 2.75) is 26.7 Å². The lowest BCUT2D eigenvalue weighted by Gasteiger charge is -2.14. The maximum Gasteiger partial charge on any atom is 0.150 e. The Morgan fingerprint density at radius 1 is 0.923 bits per heavy atom. The molecule has 1 aromatic heterocycles. The molecule has 0 aliphatic heterocycles. The second kappa shape index (κ2) is 8.85. The number of nitrogens with one attached hydrogen (secondary N) is 2. The number of ether oxygens (including phenoxy) is 1. The summed E-state index contributed by atoms with van der Waals surface area (Å²) >= 11 is 0. The molecule has 0 saturated carbocycles. The van der Waals surface area contributed by atoms with Gasteiger partial charge in [0.1, 0.15) is 23.2 Å². The van der Waals surface area contributed by atoms with Crippen molar-refractivity contribution in [3.63, 3.8) is 0 Å². The molecule has 0 aliphatic carbocycles. The molecular weight excluding hydrogens is 324 g/mol. The Balaban J connectivity index is 1.78. The van der Waals surface area contributed by atoms with Gasteiger partial charge in [-0.05, 0) is 37.6 Å². The minimum atomic E-state index is 0.718. The van der Waals surface area contributed by atoms with Crippen LogP contribution < -0.4 is 15.4 Å². The molecule has 0 atom stereocenters. The van der Waals surface area contributed by atoms with Crippen molar-refractivity contribution in [3.05, 3.63) is 66.5 Å². The summed E-state index contributed by atoms with van der Waals surface area (Å²) in [6.07, 6.45) is 2.26. The van der Waals surface area contributed by atoms with Crippen LogP contribution in [0, 0.1) is 6.92 Å². The number of aryl methyl sites for hydroxylation is 1. The Morgan fingerprint density at radius 3 is 2.46 bits per heavy atom. The van der Waals surface area contributed by atoms with E-state index in [1.165, 1.54) is 0 Å². The molecule has 0 aliphatic rings. The number of hydrogen-bond donors (Lipinski definition) is 2. The average molecular weight is 348 g/mol. The van der Waals surface area contributed by atoms with Crippen LogP contribution in [0.3, 0.4) is 0 Å². The zero-order valence-corrected chi connectivity index (χ0v) is 15.2. The van der Waals surface area contributed by atoms with Crippen LogP contribution in [-0.4, -0.2) is 16.5 Å². The van der Waals surface area contributed by atoms with Crippen LogP contribution in [0.2, 0.25) is 0 Å². The summed E-state index contributed by atoms with van der Waals surface area (Å²) in [5.74, 6) is 3.82. The molecule has 3 rings (SSSR count). The van der Waals surface area contributed by atoms with Crippen LogP contribution in [0.25, 0.3) is 0 Å². The van der Waals surface area contributed by atoms with E-state index in [4.69, 9.17) is 4.74 Å². The monoisotopic (exact) mass is 348 g/mol. The number of aromatic nitrogens is 2. The fourth-order valence-electron chi connectivity index (χ4n) is 2.53. The summed E-state index contributed by atoms with van der Waals surface area (Å²) in [4.78, 5) is 8.93. The van der Waals surface area contributed by atoms with Crippen molar-refractivity contribution in [2.24, 2.45) is 0 Å². The highest BCUT2D eigenvalue weighted by atomic mass is 16.5. The lowest BCUT2D eigenvalue weighted by molar-refractivity contribution is 0.485. The molecule has 5 nitrogen and oxygen atoms in total. The van der Waals surface area contributed by atoms with Crippen LogP contribution in [0.5, 0.6) is 11.5 Å². The van der Waals surface area contributed by atoms with Crippen molar-refractivity contribution < 1.29 is 4.74 Å². The van der Waals surface area contributed by atoms with E-state index in [0.29, 0.717) is 0 Å². The van der Waals surface area contributed by atoms with Gasteiger partial charge >= 0.3 is 0 Å². The molecule has 1 heterocycles. The van der Waals surface area contributed by atoms with Gasteiger partial charge in [0.05, 0.1) is 5.69 Å². The number of benzene rings is 2. The number of anilines is 3. The Bertz CT molecular complexity index is 836. The maximum absolute atomic E-state index is 6.00. The minimum Gasteiger partial charge on any atom is -0.455 e. The number of nitrogens with zero attached hydrogens (tertiary/aromatic N) is 2. The minimum absolute atomic E-state index is 0.718. The predicted octanol–water partition coefficient (Wildman–Crippen LogP) is 5.53. The van der Waals surface area contributed by atoms with Crippen LogP contribution in [0.1, 0.15) is 25.6 Å². The number of rotatable bonds is 8. The van der Waals surface area contributed by atoms with E-state index in [9.17, 15) is 0 Å². The van der Waals surface area contributed by atoms with E-state index in [1.807, 2.05) is 67.6 Å². The highest BCUT2D eigenvalue weighted by molar-refractivity contribution is 5.66. The highest BCUT2D eigenvalue weighted by Gasteiger charge is 2.07. The molecule has 0 amide bonds. The summed E-state index contributed by atoms with van der Waals surface area (Å²) in [5.41, 5.74) is 0.856. The van der Waals surface area contributed by atoms with Crippen molar-refractivity contribution in [3.8, 4) is 11.5 Å². The summed E-state index contributed by atoms with van der Waals surface area (Å²) in [6.45, 7) is 4.96. The number of para-hydroxylation sites is 3. The third kappa shape index (κ3) is 4.96. The van der Waals surface area contributed by atoms with E-state index in [-0.39, 0.29) is 0 Å². The largest absolute Gasteiger partial charge is 0.455 e. The maximum atomic E-state index is 6.00. The molecule has 0 spiro atoms. The van der Waals surface area contributed by atoms with Gasteiger partial charge in [-0.2, -0.15) is 0 Å². The normalized spacial score (nSPS) is 10.4. The van der Waals surface area contributed by atoms with Gasteiger partial charge in [-0.1, -0.05) is 43.7 Å². The molecule has 3 aromatic rings. The number of unbranched alkanes of at least 4 members (excludes halogenated alkanes) is 1. The number of hydrogen-bond acceptors (Lipinski definition) is 5. The second-order valence-corrected chi connectivity index (χ2v) is 6.00. The summed E-state index contributed by atoms with van der Waals surface area (Å²) in [7, 11) is 0. The fourth-order valence-corrected chi connectivity index (χ4v) is 2.53. The Kier molecular flexibility index (Phi) is 6.04. The first-order chi connectivity index (χ1) is 12.7. The summed E-state index contributed by atoms with van der Waals surface area (Å²) in [6, 6.07) is 19.5. The van der Waals surface area contributed by atoms with Crippen LogP contribution >= 0.6 is 0 Å². The highest BCUT2D eigenvalue weighted by Crippen LogP contribution is 2.31. The van der Waals surface area contributed by atoms with E-state index in [2.05, 4.69) is 27.5 Å². The standard InChI is InChI=1S/C21H24N4O/c1-3-4-14-22-20-15-21(24-16(2)23-20)25-18-12-8-9-13-19(18)26-17-10-6-5-7-11-17/h5-13,15H,3-4,14H2,1-2H3,(H2,22,23,24,25). The zero-order valence-electron chi connectivity index (χ0n) is 15.2. The molecule has 0 saturated heterocycles. The zero-order chi connectivity index (χ0) is 18.2. The first-order valence-corrected chi connectivity index (χ1v) is 8.93. The summed E-state index contributed by atoms with van der Waals surface area (Å²) < 4.78 is 6.00. The van der Waals surface area contributed by atoms with Gasteiger partial charge in [-0.3, -0.25) is 0 Å².